The maximum absolute atomic E-state index is 5.41. The molecule has 2 heterocycles. The number of ether oxygens (including phenoxy) is 1. The highest BCUT2D eigenvalue weighted by molar-refractivity contribution is 5.50. The van der Waals surface area contributed by atoms with Crippen LogP contribution in [0.4, 0.5) is 11.6 Å². The van der Waals surface area contributed by atoms with Gasteiger partial charge in [0.25, 0.3) is 0 Å². The van der Waals surface area contributed by atoms with Crippen LogP contribution in [-0.2, 0) is 4.74 Å². The Morgan fingerprint density at radius 1 is 1.33 bits per heavy atom. The fourth-order valence-corrected chi connectivity index (χ4v) is 2.40. The van der Waals surface area contributed by atoms with E-state index in [0.29, 0.717) is 12.0 Å². The third-order valence-electron chi connectivity index (χ3n) is 3.73. The highest BCUT2D eigenvalue weighted by atomic mass is 16.5. The van der Waals surface area contributed by atoms with E-state index in [0.717, 1.165) is 37.0 Å². The molecule has 2 aliphatic rings. The second kappa shape index (κ2) is 4.72. The van der Waals surface area contributed by atoms with Gasteiger partial charge < -0.3 is 15.0 Å². The monoisotopic (exact) mass is 248 g/mol. The van der Waals surface area contributed by atoms with Crippen LogP contribution in [0.25, 0.3) is 0 Å². The first-order valence-electron chi connectivity index (χ1n) is 6.64. The van der Waals surface area contributed by atoms with Gasteiger partial charge in [0.05, 0.1) is 6.10 Å². The summed E-state index contributed by atoms with van der Waals surface area (Å²) in [6.45, 7) is 1.95. The largest absolute Gasteiger partial charge is 0.380 e. The Kier molecular flexibility index (Phi) is 3.07. The molecule has 1 unspecified atom stereocenters. The lowest BCUT2D eigenvalue weighted by molar-refractivity contribution is 0.121. The van der Waals surface area contributed by atoms with Crippen LogP contribution in [0.2, 0.25) is 0 Å². The quantitative estimate of drug-likeness (QED) is 0.877. The summed E-state index contributed by atoms with van der Waals surface area (Å²) in [5.74, 6) is 3.54. The van der Waals surface area contributed by atoms with E-state index in [1.807, 2.05) is 13.1 Å². The van der Waals surface area contributed by atoms with E-state index in [-0.39, 0.29) is 0 Å². The van der Waals surface area contributed by atoms with Crippen molar-refractivity contribution in [2.75, 3.05) is 37.5 Å². The molecule has 1 aliphatic heterocycles. The zero-order chi connectivity index (χ0) is 12.5. The van der Waals surface area contributed by atoms with Crippen molar-refractivity contribution in [2.45, 2.75) is 31.3 Å². The lowest BCUT2D eigenvalue weighted by atomic mass is 10.3. The zero-order valence-electron chi connectivity index (χ0n) is 11.0. The lowest BCUT2D eigenvalue weighted by Gasteiger charge is -2.18. The van der Waals surface area contributed by atoms with Crippen molar-refractivity contribution in [1.82, 2.24) is 9.97 Å². The smallest absolute Gasteiger partial charge is 0.136 e. The van der Waals surface area contributed by atoms with Crippen molar-refractivity contribution in [1.29, 1.82) is 0 Å². The molecule has 0 radical (unpaired) electrons. The van der Waals surface area contributed by atoms with Crippen molar-refractivity contribution in [3.63, 3.8) is 0 Å². The Labute approximate surface area is 108 Å². The van der Waals surface area contributed by atoms with E-state index in [1.165, 1.54) is 12.8 Å². The maximum Gasteiger partial charge on any atom is 0.136 e. The molecule has 5 heteroatoms. The second-order valence-electron chi connectivity index (χ2n) is 5.09. The number of nitrogens with zero attached hydrogens (tertiary/aromatic N) is 3. The molecule has 1 N–H and O–H groups in total. The van der Waals surface area contributed by atoms with Crippen LogP contribution >= 0.6 is 0 Å². The fourth-order valence-electron chi connectivity index (χ4n) is 2.40. The Bertz CT molecular complexity index is 433. The van der Waals surface area contributed by atoms with Crippen LogP contribution in [0.1, 0.15) is 31.0 Å². The minimum Gasteiger partial charge on any atom is -0.380 e. The SMILES string of the molecule is CNc1cc(N2CCC(OC)C2)nc(C2CC2)n1. The molecule has 1 aromatic rings. The Morgan fingerprint density at radius 3 is 2.78 bits per heavy atom. The number of hydrogen-bond donors (Lipinski definition) is 1. The van der Waals surface area contributed by atoms with Crippen LogP contribution in [0.5, 0.6) is 0 Å². The normalized spacial score (nSPS) is 23.4. The van der Waals surface area contributed by atoms with Gasteiger partial charge in [0.2, 0.25) is 0 Å². The van der Waals surface area contributed by atoms with Gasteiger partial charge in [0.1, 0.15) is 17.5 Å². The summed E-state index contributed by atoms with van der Waals surface area (Å²) < 4.78 is 5.41. The van der Waals surface area contributed by atoms with Crippen molar-refractivity contribution >= 4 is 11.6 Å². The first kappa shape index (κ1) is 11.7. The Morgan fingerprint density at radius 2 is 2.17 bits per heavy atom. The molecule has 3 rings (SSSR count). The topological polar surface area (TPSA) is 50.3 Å². The predicted octanol–water partition coefficient (Wildman–Crippen LogP) is 1.62. The van der Waals surface area contributed by atoms with Gasteiger partial charge in [-0.25, -0.2) is 9.97 Å². The van der Waals surface area contributed by atoms with Crippen molar-refractivity contribution in [3.05, 3.63) is 11.9 Å². The van der Waals surface area contributed by atoms with Gasteiger partial charge in [-0.2, -0.15) is 0 Å². The molecule has 98 valence electrons. The number of aromatic nitrogens is 2. The standard InChI is InChI=1S/C13H20N4O/c1-14-11-7-12(16-13(15-11)9-3-4-9)17-6-5-10(8-17)18-2/h7,9-10H,3-6,8H2,1-2H3,(H,14,15,16). The highest BCUT2D eigenvalue weighted by Gasteiger charge is 2.29. The minimum absolute atomic E-state index is 0.336. The van der Waals surface area contributed by atoms with Crippen LogP contribution in [0.3, 0.4) is 0 Å². The first-order valence-corrected chi connectivity index (χ1v) is 6.64. The summed E-state index contributed by atoms with van der Waals surface area (Å²) in [5, 5.41) is 3.13. The molecule has 2 fully saturated rings. The van der Waals surface area contributed by atoms with Gasteiger partial charge in [0, 0.05) is 39.2 Å². The molecular formula is C13H20N4O. The van der Waals surface area contributed by atoms with Crippen LogP contribution in [0, 0.1) is 0 Å². The number of nitrogens with one attached hydrogen (secondary N) is 1. The summed E-state index contributed by atoms with van der Waals surface area (Å²) >= 11 is 0. The predicted molar refractivity (Wildman–Crippen MR) is 71.2 cm³/mol. The minimum atomic E-state index is 0.336. The lowest BCUT2D eigenvalue weighted by Crippen LogP contribution is -2.23. The molecule has 18 heavy (non-hydrogen) atoms. The van der Waals surface area contributed by atoms with Gasteiger partial charge in [0.15, 0.2) is 0 Å². The molecule has 1 aliphatic carbocycles. The molecule has 0 amide bonds. The Balaban J connectivity index is 1.84. The van der Waals surface area contributed by atoms with Crippen LogP contribution in [-0.4, -0.2) is 43.3 Å². The van der Waals surface area contributed by atoms with Gasteiger partial charge in [-0.05, 0) is 19.3 Å². The molecular weight excluding hydrogens is 228 g/mol. The number of methoxy groups -OCH3 is 1. The molecule has 0 spiro atoms. The summed E-state index contributed by atoms with van der Waals surface area (Å²) in [5.41, 5.74) is 0. The van der Waals surface area contributed by atoms with Gasteiger partial charge in [-0.3, -0.25) is 0 Å². The third-order valence-corrected chi connectivity index (χ3v) is 3.73. The van der Waals surface area contributed by atoms with Gasteiger partial charge >= 0.3 is 0 Å². The fraction of sp³-hybridized carbons (Fsp3) is 0.692. The van der Waals surface area contributed by atoms with E-state index in [2.05, 4.69) is 15.2 Å². The molecule has 1 saturated carbocycles. The molecule has 5 nitrogen and oxygen atoms in total. The van der Waals surface area contributed by atoms with E-state index in [1.54, 1.807) is 7.11 Å². The van der Waals surface area contributed by atoms with E-state index in [4.69, 9.17) is 9.72 Å². The van der Waals surface area contributed by atoms with Gasteiger partial charge in [-0.1, -0.05) is 0 Å². The first-order chi connectivity index (χ1) is 8.80. The molecule has 1 saturated heterocycles. The van der Waals surface area contributed by atoms with Crippen LogP contribution < -0.4 is 10.2 Å². The summed E-state index contributed by atoms with van der Waals surface area (Å²) in [6.07, 6.45) is 3.87. The number of rotatable bonds is 4. The zero-order valence-corrected chi connectivity index (χ0v) is 11.0. The summed E-state index contributed by atoms with van der Waals surface area (Å²) in [4.78, 5) is 11.6. The Hall–Kier alpha value is -1.36. The molecule has 1 aromatic heterocycles. The van der Waals surface area contributed by atoms with Crippen molar-refractivity contribution in [2.24, 2.45) is 0 Å². The molecule has 0 aromatic carbocycles. The van der Waals surface area contributed by atoms with E-state index >= 15 is 0 Å². The van der Waals surface area contributed by atoms with E-state index in [9.17, 15) is 0 Å². The third kappa shape index (κ3) is 2.27. The number of anilines is 2. The van der Waals surface area contributed by atoms with Gasteiger partial charge in [-0.15, -0.1) is 0 Å². The van der Waals surface area contributed by atoms with Crippen molar-refractivity contribution < 1.29 is 4.74 Å². The average molecular weight is 248 g/mol. The van der Waals surface area contributed by atoms with E-state index < -0.39 is 0 Å². The molecule has 0 bridgehead atoms. The van der Waals surface area contributed by atoms with Crippen LogP contribution in [0.15, 0.2) is 6.07 Å². The average Bonchev–Trinajstić information content (AvgIpc) is 3.16. The second-order valence-corrected chi connectivity index (χ2v) is 5.09. The van der Waals surface area contributed by atoms with Crippen molar-refractivity contribution in [3.8, 4) is 0 Å². The summed E-state index contributed by atoms with van der Waals surface area (Å²) in [6, 6.07) is 2.03. The molecule has 1 atom stereocenters. The maximum atomic E-state index is 5.41. The number of hydrogen-bond acceptors (Lipinski definition) is 5. The summed E-state index contributed by atoms with van der Waals surface area (Å²) in [7, 11) is 3.69. The highest BCUT2D eigenvalue weighted by Crippen LogP contribution is 2.39.